The number of amides is 1. The van der Waals surface area contributed by atoms with Gasteiger partial charge in [0.05, 0.1) is 0 Å². The summed E-state index contributed by atoms with van der Waals surface area (Å²) in [5, 5.41) is 4.19. The number of nitrogens with zero attached hydrogens (tertiary/aromatic N) is 1. The van der Waals surface area contributed by atoms with E-state index in [9.17, 15) is 4.79 Å². The Hall–Kier alpha value is -2.50. The van der Waals surface area contributed by atoms with Crippen molar-refractivity contribution < 1.29 is 4.79 Å². The van der Waals surface area contributed by atoms with E-state index in [4.69, 9.17) is 0 Å². The van der Waals surface area contributed by atoms with E-state index in [0.29, 0.717) is 5.69 Å². The molecule has 0 unspecified atom stereocenters. The zero-order valence-electron chi connectivity index (χ0n) is 13.1. The van der Waals surface area contributed by atoms with Crippen LogP contribution >= 0.6 is 27.3 Å². The lowest BCUT2D eigenvalue weighted by Crippen LogP contribution is -2.13. The molecule has 0 aliphatic heterocycles. The van der Waals surface area contributed by atoms with E-state index in [1.54, 1.807) is 29.7 Å². The van der Waals surface area contributed by atoms with Crippen molar-refractivity contribution >= 4 is 48.9 Å². The van der Waals surface area contributed by atoms with Crippen LogP contribution < -0.4 is 5.32 Å². The van der Waals surface area contributed by atoms with E-state index in [0.717, 1.165) is 20.6 Å². The fraction of sp³-hybridized carbons (Fsp3) is 0. The molecule has 0 atom stereocenters. The Labute approximate surface area is 157 Å². The van der Waals surface area contributed by atoms with Crippen molar-refractivity contribution in [1.29, 1.82) is 0 Å². The Morgan fingerprint density at radius 3 is 2.60 bits per heavy atom. The first-order chi connectivity index (χ1) is 12.2. The highest BCUT2D eigenvalue weighted by Gasteiger charge is 2.13. The molecule has 0 aliphatic rings. The smallest absolute Gasteiger partial charge is 0.274 e. The van der Waals surface area contributed by atoms with Gasteiger partial charge in [-0.15, -0.1) is 11.3 Å². The highest BCUT2D eigenvalue weighted by molar-refractivity contribution is 9.10. The highest BCUT2D eigenvalue weighted by Crippen LogP contribution is 2.37. The third kappa shape index (κ3) is 3.34. The minimum absolute atomic E-state index is 0.221. The van der Waals surface area contributed by atoms with Gasteiger partial charge in [-0.1, -0.05) is 36.4 Å². The molecule has 4 rings (SSSR count). The van der Waals surface area contributed by atoms with Crippen molar-refractivity contribution in [3.63, 3.8) is 0 Å². The number of pyridine rings is 1. The summed E-state index contributed by atoms with van der Waals surface area (Å²) in [6.45, 7) is 0. The lowest BCUT2D eigenvalue weighted by molar-refractivity contribution is 0.102. The number of aromatic nitrogens is 1. The number of rotatable bonds is 3. The number of nitrogens with one attached hydrogen (secondary N) is 1. The molecule has 5 heteroatoms. The van der Waals surface area contributed by atoms with Gasteiger partial charge in [0.25, 0.3) is 5.91 Å². The minimum atomic E-state index is -0.221. The molecule has 2 aromatic carbocycles. The van der Waals surface area contributed by atoms with Gasteiger partial charge >= 0.3 is 0 Å². The van der Waals surface area contributed by atoms with Crippen LogP contribution in [0.2, 0.25) is 0 Å². The Bertz CT molecular complexity index is 1020. The van der Waals surface area contributed by atoms with Gasteiger partial charge in [-0.3, -0.25) is 4.79 Å². The summed E-state index contributed by atoms with van der Waals surface area (Å²) in [4.78, 5) is 17.8. The number of anilines is 1. The van der Waals surface area contributed by atoms with Crippen molar-refractivity contribution in [2.45, 2.75) is 0 Å². The summed E-state index contributed by atoms with van der Waals surface area (Å²) in [5.74, 6) is -0.221. The molecule has 0 saturated carbocycles. The first-order valence-corrected chi connectivity index (χ1v) is 9.32. The fourth-order valence-electron chi connectivity index (χ4n) is 2.62. The lowest BCUT2D eigenvalue weighted by atomic mass is 10.1. The van der Waals surface area contributed by atoms with E-state index in [1.165, 1.54) is 10.1 Å². The van der Waals surface area contributed by atoms with Gasteiger partial charge in [0.2, 0.25) is 0 Å². The first-order valence-electron chi connectivity index (χ1n) is 7.71. The van der Waals surface area contributed by atoms with Crippen LogP contribution in [0.4, 0.5) is 5.69 Å². The molecular formula is C20H13BrN2OS. The van der Waals surface area contributed by atoms with Crippen LogP contribution in [0.15, 0.2) is 77.4 Å². The van der Waals surface area contributed by atoms with Crippen molar-refractivity contribution in [3.05, 3.63) is 83.1 Å². The number of carbonyl (C=O) groups is 1. The number of para-hydroxylation sites is 1. The van der Waals surface area contributed by atoms with Crippen LogP contribution in [-0.2, 0) is 0 Å². The molecule has 0 radical (unpaired) electrons. The van der Waals surface area contributed by atoms with Crippen molar-refractivity contribution in [2.24, 2.45) is 0 Å². The van der Waals surface area contributed by atoms with Gasteiger partial charge in [0.1, 0.15) is 5.69 Å². The quantitative estimate of drug-likeness (QED) is 0.453. The predicted octanol–water partition coefficient (Wildman–Crippen LogP) is 5.98. The standard InChI is InChI=1S/C20H13BrN2OS/c21-14-9-10-17(22-12-14)20(24)23-16-7-3-2-6-15(16)19-11-13-5-1-4-8-18(13)25-19/h1-12H,(H,23,24). The van der Waals surface area contributed by atoms with Gasteiger partial charge < -0.3 is 5.32 Å². The van der Waals surface area contributed by atoms with Gasteiger partial charge in [-0.25, -0.2) is 4.98 Å². The van der Waals surface area contributed by atoms with E-state index < -0.39 is 0 Å². The molecule has 3 nitrogen and oxygen atoms in total. The fourth-order valence-corrected chi connectivity index (χ4v) is 3.95. The molecule has 122 valence electrons. The molecular weight excluding hydrogens is 396 g/mol. The monoisotopic (exact) mass is 408 g/mol. The van der Waals surface area contributed by atoms with Crippen LogP contribution in [0.25, 0.3) is 20.5 Å². The summed E-state index contributed by atoms with van der Waals surface area (Å²) in [5.41, 5.74) is 2.17. The molecule has 0 spiro atoms. The molecule has 0 bridgehead atoms. The summed E-state index contributed by atoms with van der Waals surface area (Å²) in [6, 6.07) is 21.8. The topological polar surface area (TPSA) is 42.0 Å². The molecule has 1 N–H and O–H groups in total. The van der Waals surface area contributed by atoms with Crippen LogP contribution in [0.1, 0.15) is 10.5 Å². The maximum Gasteiger partial charge on any atom is 0.274 e. The normalized spacial score (nSPS) is 10.8. The van der Waals surface area contributed by atoms with Gasteiger partial charge in [-0.05, 0) is 51.6 Å². The van der Waals surface area contributed by atoms with Crippen LogP contribution in [0.3, 0.4) is 0 Å². The second kappa shape index (κ2) is 6.78. The molecule has 4 aromatic rings. The molecule has 0 aliphatic carbocycles. The van der Waals surface area contributed by atoms with Crippen LogP contribution in [0, 0.1) is 0 Å². The third-order valence-electron chi connectivity index (χ3n) is 3.83. The maximum absolute atomic E-state index is 12.5. The zero-order valence-corrected chi connectivity index (χ0v) is 15.5. The second-order valence-electron chi connectivity index (χ2n) is 5.51. The predicted molar refractivity (Wildman–Crippen MR) is 107 cm³/mol. The van der Waals surface area contributed by atoms with Crippen molar-refractivity contribution in [1.82, 2.24) is 4.98 Å². The van der Waals surface area contributed by atoms with E-state index in [1.807, 2.05) is 36.4 Å². The summed E-state index contributed by atoms with van der Waals surface area (Å²) in [7, 11) is 0. The van der Waals surface area contributed by atoms with Gasteiger partial charge in [-0.2, -0.15) is 0 Å². The van der Waals surface area contributed by atoms with Gasteiger partial charge in [0.15, 0.2) is 0 Å². The SMILES string of the molecule is O=C(Nc1ccccc1-c1cc2ccccc2s1)c1ccc(Br)cn1. The van der Waals surface area contributed by atoms with Crippen LogP contribution in [0.5, 0.6) is 0 Å². The Balaban J connectivity index is 1.69. The van der Waals surface area contributed by atoms with Crippen molar-refractivity contribution in [3.8, 4) is 10.4 Å². The molecule has 0 saturated heterocycles. The number of halogens is 1. The van der Waals surface area contributed by atoms with Gasteiger partial charge in [0, 0.05) is 31.5 Å². The Kier molecular flexibility index (Phi) is 4.34. The zero-order chi connectivity index (χ0) is 17.2. The number of benzene rings is 2. The largest absolute Gasteiger partial charge is 0.320 e. The van der Waals surface area contributed by atoms with E-state index in [-0.39, 0.29) is 5.91 Å². The number of hydrogen-bond donors (Lipinski definition) is 1. The molecule has 2 aromatic heterocycles. The number of thiophene rings is 1. The molecule has 1 amide bonds. The molecule has 2 heterocycles. The lowest BCUT2D eigenvalue weighted by Gasteiger charge is -2.09. The third-order valence-corrected chi connectivity index (χ3v) is 5.44. The average Bonchev–Trinajstić information content (AvgIpc) is 3.06. The van der Waals surface area contributed by atoms with E-state index >= 15 is 0 Å². The first kappa shape index (κ1) is 16.0. The summed E-state index contributed by atoms with van der Waals surface area (Å²) in [6.07, 6.45) is 1.62. The minimum Gasteiger partial charge on any atom is -0.320 e. The number of hydrogen-bond acceptors (Lipinski definition) is 3. The van der Waals surface area contributed by atoms with E-state index in [2.05, 4.69) is 44.4 Å². The highest BCUT2D eigenvalue weighted by atomic mass is 79.9. The number of fused-ring (bicyclic) bond motifs is 1. The molecule has 25 heavy (non-hydrogen) atoms. The Morgan fingerprint density at radius 2 is 1.80 bits per heavy atom. The average molecular weight is 409 g/mol. The Morgan fingerprint density at radius 1 is 1.00 bits per heavy atom. The summed E-state index contributed by atoms with van der Waals surface area (Å²) < 4.78 is 2.07. The molecule has 0 fully saturated rings. The number of carbonyl (C=O) groups excluding carboxylic acids is 1. The second-order valence-corrected chi connectivity index (χ2v) is 7.51. The maximum atomic E-state index is 12.5. The summed E-state index contributed by atoms with van der Waals surface area (Å²) >= 11 is 5.04. The van der Waals surface area contributed by atoms with Crippen LogP contribution in [-0.4, -0.2) is 10.9 Å². The van der Waals surface area contributed by atoms with Crippen molar-refractivity contribution in [2.75, 3.05) is 5.32 Å².